The Labute approximate surface area is 159 Å². The number of unbranched alkanes of at least 4 members (excludes halogenated alkanes) is 7. The van der Waals surface area contributed by atoms with E-state index in [0.717, 1.165) is 12.8 Å². The van der Waals surface area contributed by atoms with Gasteiger partial charge in [0, 0.05) is 18.5 Å². The number of quaternary nitrogens is 1. The van der Waals surface area contributed by atoms with E-state index in [1.165, 1.54) is 44.6 Å². The van der Waals surface area contributed by atoms with Gasteiger partial charge in [-0.05, 0) is 12.8 Å². The Balaban J connectivity index is 4.02. The number of carbonyl (C=O) groups is 2. The summed E-state index contributed by atoms with van der Waals surface area (Å²) in [5.41, 5.74) is 0. The molecule has 0 rings (SSSR count). The quantitative estimate of drug-likeness (QED) is 0.147. The van der Waals surface area contributed by atoms with Crippen molar-refractivity contribution in [2.45, 2.75) is 70.8 Å². The van der Waals surface area contributed by atoms with E-state index in [9.17, 15) is 14.7 Å². The average molecular weight is 368 g/mol. The lowest BCUT2D eigenvalue weighted by molar-refractivity contribution is -0.873. The molecule has 150 valence electrons. The lowest BCUT2D eigenvalue weighted by Gasteiger charge is -2.28. The summed E-state index contributed by atoms with van der Waals surface area (Å²) in [4.78, 5) is 22.6. The van der Waals surface area contributed by atoms with E-state index in [1.807, 2.05) is 33.3 Å². The molecule has 0 aromatic carbocycles. The van der Waals surface area contributed by atoms with Crippen LogP contribution in [0, 0.1) is 0 Å². The van der Waals surface area contributed by atoms with E-state index in [0.29, 0.717) is 11.0 Å². The third-order valence-electron chi connectivity index (χ3n) is 3.88. The van der Waals surface area contributed by atoms with Crippen molar-refractivity contribution in [2.24, 2.45) is 0 Å². The molecule has 0 saturated carbocycles. The maximum atomic E-state index is 11.8. The largest absolute Gasteiger partial charge is 0.550 e. The molecule has 0 N–H and O–H groups in total. The minimum atomic E-state index is -1.21. The third-order valence-corrected chi connectivity index (χ3v) is 3.88. The van der Waals surface area contributed by atoms with Crippen LogP contribution >= 0.6 is 0 Å². The predicted molar refractivity (Wildman–Crippen MR) is 103 cm³/mol. The molecule has 0 fully saturated rings. The highest BCUT2D eigenvalue weighted by Gasteiger charge is 2.21. The molecule has 26 heavy (non-hydrogen) atoms. The maximum Gasteiger partial charge on any atom is 0.331 e. The number of hydrogen-bond donors (Lipinski definition) is 0. The zero-order valence-corrected chi connectivity index (χ0v) is 17.0. The lowest BCUT2D eigenvalue weighted by atomic mass is 10.1. The Bertz CT molecular complexity index is 449. The van der Waals surface area contributed by atoms with Crippen molar-refractivity contribution >= 4 is 11.9 Å². The number of carboxylic acids is 1. The van der Waals surface area contributed by atoms with Crippen LogP contribution in [0.2, 0.25) is 0 Å². The second-order valence-electron chi connectivity index (χ2n) is 7.81. The molecule has 1 unspecified atom stereocenters. The Morgan fingerprint density at radius 1 is 1.00 bits per heavy atom. The van der Waals surface area contributed by atoms with Crippen molar-refractivity contribution in [3.63, 3.8) is 0 Å². The summed E-state index contributed by atoms with van der Waals surface area (Å²) in [6.07, 6.45) is 15.9. The highest BCUT2D eigenvalue weighted by atomic mass is 16.5. The van der Waals surface area contributed by atoms with Crippen molar-refractivity contribution < 1.29 is 23.9 Å². The molecule has 0 bridgehead atoms. The molecule has 1 atom stereocenters. The molecule has 0 aromatic heterocycles. The molecular formula is C21H37NO4. The number of nitrogens with zero attached hydrogens (tertiary/aromatic N) is 1. The minimum absolute atomic E-state index is 0.288. The first-order chi connectivity index (χ1) is 12.2. The number of carboxylic acid groups (broad SMARTS) is 1. The van der Waals surface area contributed by atoms with Crippen molar-refractivity contribution in [1.82, 2.24) is 0 Å². The summed E-state index contributed by atoms with van der Waals surface area (Å²) >= 11 is 0. The smallest absolute Gasteiger partial charge is 0.331 e. The summed E-state index contributed by atoms with van der Waals surface area (Å²) in [7, 11) is 5.75. The highest BCUT2D eigenvalue weighted by Crippen LogP contribution is 2.09. The van der Waals surface area contributed by atoms with Crippen LogP contribution in [0.5, 0.6) is 0 Å². The molecule has 0 amide bonds. The van der Waals surface area contributed by atoms with Gasteiger partial charge >= 0.3 is 5.97 Å². The van der Waals surface area contributed by atoms with E-state index < -0.39 is 18.0 Å². The summed E-state index contributed by atoms with van der Waals surface area (Å²) in [6, 6.07) is 0. The van der Waals surface area contributed by atoms with Crippen molar-refractivity contribution in [1.29, 1.82) is 0 Å². The monoisotopic (exact) mass is 367 g/mol. The molecule has 0 radical (unpaired) electrons. The zero-order valence-electron chi connectivity index (χ0n) is 17.0. The van der Waals surface area contributed by atoms with Crippen LogP contribution in [-0.4, -0.2) is 50.2 Å². The molecule has 0 aromatic rings. The van der Waals surface area contributed by atoms with Crippen LogP contribution in [0.15, 0.2) is 24.3 Å². The van der Waals surface area contributed by atoms with Crippen LogP contribution in [0.3, 0.4) is 0 Å². The van der Waals surface area contributed by atoms with Gasteiger partial charge in [0.25, 0.3) is 0 Å². The van der Waals surface area contributed by atoms with Gasteiger partial charge in [-0.3, -0.25) is 0 Å². The number of ether oxygens (including phenoxy) is 1. The second-order valence-corrected chi connectivity index (χ2v) is 7.81. The standard InChI is InChI=1S/C21H37NO4/c1-5-6-7-8-9-10-11-12-13-14-15-16-21(25)26-19(17-20(23)24)18-22(2,3)4/h13-16,19H,5-12,17-18H2,1-4H3/b14-13+,16-15+. The number of rotatable bonds is 15. The van der Waals surface area contributed by atoms with Crippen molar-refractivity contribution in [2.75, 3.05) is 27.7 Å². The van der Waals surface area contributed by atoms with E-state index in [2.05, 4.69) is 6.92 Å². The first kappa shape index (κ1) is 24.4. The molecule has 0 saturated heterocycles. The zero-order chi connectivity index (χ0) is 19.8. The molecule has 0 heterocycles. The molecule has 0 aliphatic heterocycles. The van der Waals surface area contributed by atoms with E-state index >= 15 is 0 Å². The molecule has 0 spiro atoms. The number of carbonyl (C=O) groups excluding carboxylic acids is 2. The first-order valence-corrected chi connectivity index (χ1v) is 9.78. The lowest BCUT2D eigenvalue weighted by Crippen LogP contribution is -2.45. The van der Waals surface area contributed by atoms with Crippen LogP contribution in [0.4, 0.5) is 0 Å². The van der Waals surface area contributed by atoms with Crippen molar-refractivity contribution in [3.8, 4) is 0 Å². The summed E-state index contributed by atoms with van der Waals surface area (Å²) in [5.74, 6) is -1.74. The maximum absolute atomic E-state index is 11.8. The second kappa shape index (κ2) is 14.5. The summed E-state index contributed by atoms with van der Waals surface area (Å²) < 4.78 is 5.74. The Morgan fingerprint density at radius 2 is 1.62 bits per heavy atom. The van der Waals surface area contributed by atoms with Crippen LogP contribution < -0.4 is 5.11 Å². The minimum Gasteiger partial charge on any atom is -0.550 e. The normalized spacial score (nSPS) is 13.4. The van der Waals surface area contributed by atoms with Gasteiger partial charge in [-0.1, -0.05) is 63.7 Å². The predicted octanol–water partition coefficient (Wildman–Crippen LogP) is 3.00. The molecule has 5 nitrogen and oxygen atoms in total. The van der Waals surface area contributed by atoms with E-state index in [1.54, 1.807) is 6.08 Å². The van der Waals surface area contributed by atoms with Crippen LogP contribution in [0.25, 0.3) is 0 Å². The van der Waals surface area contributed by atoms with Gasteiger partial charge in [-0.2, -0.15) is 0 Å². The third kappa shape index (κ3) is 17.2. The topological polar surface area (TPSA) is 66.4 Å². The SMILES string of the molecule is CCCCCCCCC/C=C/C=C/C(=O)OC(CC(=O)[O-])C[N+](C)(C)C. The number of allylic oxidation sites excluding steroid dienone is 3. The van der Waals surface area contributed by atoms with E-state index in [-0.39, 0.29) is 6.42 Å². The van der Waals surface area contributed by atoms with Gasteiger partial charge in [-0.25, -0.2) is 4.79 Å². The molecular weight excluding hydrogens is 330 g/mol. The summed E-state index contributed by atoms with van der Waals surface area (Å²) in [5, 5.41) is 10.8. The summed E-state index contributed by atoms with van der Waals surface area (Å²) in [6.45, 7) is 2.64. The molecule has 0 aliphatic rings. The average Bonchev–Trinajstić information content (AvgIpc) is 2.50. The fraction of sp³-hybridized carbons (Fsp3) is 0.714. The van der Waals surface area contributed by atoms with Crippen LogP contribution in [0.1, 0.15) is 64.7 Å². The molecule has 5 heteroatoms. The number of likely N-dealkylation sites (N-methyl/N-ethyl adjacent to an activating group) is 1. The number of hydrogen-bond acceptors (Lipinski definition) is 4. The van der Waals surface area contributed by atoms with Gasteiger partial charge in [0.1, 0.15) is 6.54 Å². The first-order valence-electron chi connectivity index (χ1n) is 9.78. The van der Waals surface area contributed by atoms with Gasteiger partial charge < -0.3 is 19.1 Å². The number of aliphatic carboxylic acids is 1. The van der Waals surface area contributed by atoms with Gasteiger partial charge in [0.15, 0.2) is 6.10 Å². The highest BCUT2D eigenvalue weighted by molar-refractivity contribution is 5.82. The van der Waals surface area contributed by atoms with Gasteiger partial charge in [0.2, 0.25) is 0 Å². The van der Waals surface area contributed by atoms with Gasteiger partial charge in [0.05, 0.1) is 21.1 Å². The number of esters is 1. The van der Waals surface area contributed by atoms with Crippen molar-refractivity contribution in [3.05, 3.63) is 24.3 Å². The Morgan fingerprint density at radius 3 is 2.19 bits per heavy atom. The van der Waals surface area contributed by atoms with Gasteiger partial charge in [-0.15, -0.1) is 0 Å². The van der Waals surface area contributed by atoms with Crippen LogP contribution in [-0.2, 0) is 14.3 Å². The fourth-order valence-electron chi connectivity index (χ4n) is 2.67. The van der Waals surface area contributed by atoms with E-state index in [4.69, 9.17) is 4.74 Å². The Hall–Kier alpha value is -1.62. The Kier molecular flexibility index (Phi) is 13.6. The molecule has 0 aliphatic carbocycles. The fourth-order valence-corrected chi connectivity index (χ4v) is 2.67.